The quantitative estimate of drug-likeness (QED) is 0.832. The summed E-state index contributed by atoms with van der Waals surface area (Å²) >= 11 is 6.15. The summed E-state index contributed by atoms with van der Waals surface area (Å²) < 4.78 is 5.57. The lowest BCUT2D eigenvalue weighted by atomic mass is 9.96. The molecule has 112 valence electrons. The number of aryl methyl sites for hydroxylation is 1. The summed E-state index contributed by atoms with van der Waals surface area (Å²) in [5.74, 6) is 0.906. The molecule has 1 atom stereocenters. The van der Waals surface area contributed by atoms with Gasteiger partial charge in [0.25, 0.3) is 0 Å². The van der Waals surface area contributed by atoms with Crippen molar-refractivity contribution in [3.63, 3.8) is 0 Å². The Hall–Kier alpha value is -1.51. The third-order valence-electron chi connectivity index (χ3n) is 3.48. The van der Waals surface area contributed by atoms with Gasteiger partial charge in [0.05, 0.1) is 13.2 Å². The van der Waals surface area contributed by atoms with Gasteiger partial charge in [-0.15, -0.1) is 0 Å². The first-order valence-corrected chi connectivity index (χ1v) is 7.67. The Morgan fingerprint density at radius 3 is 2.67 bits per heavy atom. The molecule has 21 heavy (non-hydrogen) atoms. The fourth-order valence-electron chi connectivity index (χ4n) is 2.44. The van der Waals surface area contributed by atoms with E-state index in [1.807, 2.05) is 18.2 Å². The molecule has 0 saturated carbocycles. The molecule has 1 N–H and O–H groups in total. The molecule has 3 heteroatoms. The zero-order valence-corrected chi connectivity index (χ0v) is 13.6. The molecule has 0 heterocycles. The minimum Gasteiger partial charge on any atom is -0.496 e. The van der Waals surface area contributed by atoms with Crippen molar-refractivity contribution < 1.29 is 4.74 Å². The van der Waals surface area contributed by atoms with Gasteiger partial charge in [-0.1, -0.05) is 42.8 Å². The minimum atomic E-state index is 0.0826. The molecule has 2 nitrogen and oxygen atoms in total. The Balaban J connectivity index is 2.45. The Morgan fingerprint density at radius 2 is 2.00 bits per heavy atom. The van der Waals surface area contributed by atoms with Crippen molar-refractivity contribution in [3.8, 4) is 5.75 Å². The van der Waals surface area contributed by atoms with Crippen LogP contribution in [0.3, 0.4) is 0 Å². The number of halogens is 1. The van der Waals surface area contributed by atoms with Crippen LogP contribution in [0.25, 0.3) is 0 Å². The van der Waals surface area contributed by atoms with Gasteiger partial charge < -0.3 is 10.1 Å². The normalized spacial score (nSPS) is 12.2. The van der Waals surface area contributed by atoms with Crippen LogP contribution in [0.1, 0.15) is 36.1 Å². The molecule has 0 bridgehead atoms. The topological polar surface area (TPSA) is 21.3 Å². The lowest BCUT2D eigenvalue weighted by Crippen LogP contribution is -2.23. The summed E-state index contributed by atoms with van der Waals surface area (Å²) in [5, 5.41) is 4.34. The number of benzene rings is 2. The average molecular weight is 304 g/mol. The number of hydrogen-bond donors (Lipinski definition) is 1. The van der Waals surface area contributed by atoms with Gasteiger partial charge in [-0.25, -0.2) is 0 Å². The SMILES string of the molecule is CCCNC(c1cccc(Cl)c1)c1ccc(C)cc1OC. The van der Waals surface area contributed by atoms with Crippen LogP contribution in [-0.4, -0.2) is 13.7 Å². The number of rotatable bonds is 6. The number of nitrogens with one attached hydrogen (secondary N) is 1. The molecular weight excluding hydrogens is 282 g/mol. The van der Waals surface area contributed by atoms with Gasteiger partial charge in [0.2, 0.25) is 0 Å². The van der Waals surface area contributed by atoms with Crippen LogP contribution < -0.4 is 10.1 Å². The van der Waals surface area contributed by atoms with Crippen molar-refractivity contribution in [2.24, 2.45) is 0 Å². The highest BCUT2D eigenvalue weighted by atomic mass is 35.5. The van der Waals surface area contributed by atoms with Crippen LogP contribution in [0.15, 0.2) is 42.5 Å². The van der Waals surface area contributed by atoms with Crippen molar-refractivity contribution in [1.29, 1.82) is 0 Å². The van der Waals surface area contributed by atoms with E-state index in [1.54, 1.807) is 7.11 Å². The molecule has 0 fully saturated rings. The average Bonchev–Trinajstić information content (AvgIpc) is 2.49. The first-order chi connectivity index (χ1) is 10.2. The van der Waals surface area contributed by atoms with Crippen LogP contribution in [0.5, 0.6) is 5.75 Å². The van der Waals surface area contributed by atoms with E-state index in [0.717, 1.165) is 34.9 Å². The fraction of sp³-hybridized carbons (Fsp3) is 0.333. The van der Waals surface area contributed by atoms with Gasteiger partial charge in [0, 0.05) is 10.6 Å². The highest BCUT2D eigenvalue weighted by Crippen LogP contribution is 2.31. The predicted molar refractivity (Wildman–Crippen MR) is 89.3 cm³/mol. The van der Waals surface area contributed by atoms with Crippen molar-refractivity contribution >= 4 is 11.6 Å². The molecule has 0 saturated heterocycles. The van der Waals surface area contributed by atoms with Gasteiger partial charge in [0.1, 0.15) is 5.75 Å². The minimum absolute atomic E-state index is 0.0826. The summed E-state index contributed by atoms with van der Waals surface area (Å²) in [4.78, 5) is 0. The molecule has 0 spiro atoms. The Kier molecular flexibility index (Phi) is 5.66. The Bertz CT molecular complexity index is 598. The molecule has 0 radical (unpaired) electrons. The fourth-order valence-corrected chi connectivity index (χ4v) is 2.64. The monoisotopic (exact) mass is 303 g/mol. The van der Waals surface area contributed by atoms with E-state index >= 15 is 0 Å². The first kappa shape index (κ1) is 15.9. The lowest BCUT2D eigenvalue weighted by molar-refractivity contribution is 0.403. The number of ether oxygens (including phenoxy) is 1. The second-order valence-corrected chi connectivity index (χ2v) is 5.62. The number of hydrogen-bond acceptors (Lipinski definition) is 2. The summed E-state index contributed by atoms with van der Waals surface area (Å²) in [6.07, 6.45) is 1.07. The van der Waals surface area contributed by atoms with Crippen LogP contribution >= 0.6 is 11.6 Å². The zero-order valence-electron chi connectivity index (χ0n) is 12.8. The molecule has 2 aromatic carbocycles. The summed E-state index contributed by atoms with van der Waals surface area (Å²) in [6.45, 7) is 5.17. The number of methoxy groups -OCH3 is 1. The van der Waals surface area contributed by atoms with Crippen LogP contribution in [0, 0.1) is 6.92 Å². The third-order valence-corrected chi connectivity index (χ3v) is 3.72. The maximum atomic E-state index is 6.15. The van der Waals surface area contributed by atoms with Gasteiger partial charge in [-0.2, -0.15) is 0 Å². The molecule has 0 amide bonds. The van der Waals surface area contributed by atoms with E-state index in [4.69, 9.17) is 16.3 Å². The second kappa shape index (κ2) is 7.48. The summed E-state index contributed by atoms with van der Waals surface area (Å²) in [7, 11) is 1.72. The molecule has 2 aromatic rings. The molecule has 0 aliphatic rings. The Labute approximate surface area is 132 Å². The van der Waals surface area contributed by atoms with Gasteiger partial charge in [-0.05, 0) is 49.2 Å². The highest BCUT2D eigenvalue weighted by Gasteiger charge is 2.18. The summed E-state index contributed by atoms with van der Waals surface area (Å²) in [5.41, 5.74) is 3.48. The smallest absolute Gasteiger partial charge is 0.124 e. The second-order valence-electron chi connectivity index (χ2n) is 5.19. The van der Waals surface area contributed by atoms with Crippen molar-refractivity contribution in [2.45, 2.75) is 26.3 Å². The van der Waals surface area contributed by atoms with E-state index in [9.17, 15) is 0 Å². The Morgan fingerprint density at radius 1 is 1.19 bits per heavy atom. The molecular formula is C18H22ClNO. The van der Waals surface area contributed by atoms with Crippen LogP contribution in [0.2, 0.25) is 5.02 Å². The maximum Gasteiger partial charge on any atom is 0.124 e. The zero-order chi connectivity index (χ0) is 15.2. The van der Waals surface area contributed by atoms with E-state index in [1.165, 1.54) is 5.56 Å². The maximum absolute atomic E-state index is 6.15. The molecule has 0 aromatic heterocycles. The van der Waals surface area contributed by atoms with Gasteiger partial charge in [-0.3, -0.25) is 0 Å². The molecule has 2 rings (SSSR count). The van der Waals surface area contributed by atoms with Gasteiger partial charge >= 0.3 is 0 Å². The third kappa shape index (κ3) is 3.99. The van der Waals surface area contributed by atoms with E-state index in [2.05, 4.69) is 43.4 Å². The standard InChI is InChI=1S/C18H22ClNO/c1-4-10-20-18(14-6-5-7-15(19)12-14)16-9-8-13(2)11-17(16)21-3/h5-9,11-12,18,20H,4,10H2,1-3H3. The predicted octanol–water partition coefficient (Wildman–Crippen LogP) is 4.75. The molecule has 1 unspecified atom stereocenters. The van der Waals surface area contributed by atoms with Gasteiger partial charge in [0.15, 0.2) is 0 Å². The first-order valence-electron chi connectivity index (χ1n) is 7.29. The van der Waals surface area contributed by atoms with Crippen molar-refractivity contribution in [3.05, 3.63) is 64.2 Å². The van der Waals surface area contributed by atoms with Crippen molar-refractivity contribution in [1.82, 2.24) is 5.32 Å². The van der Waals surface area contributed by atoms with E-state index in [0.29, 0.717) is 0 Å². The van der Waals surface area contributed by atoms with Crippen LogP contribution in [0.4, 0.5) is 0 Å². The van der Waals surface area contributed by atoms with E-state index in [-0.39, 0.29) is 6.04 Å². The lowest BCUT2D eigenvalue weighted by Gasteiger charge is -2.22. The van der Waals surface area contributed by atoms with Crippen molar-refractivity contribution in [2.75, 3.05) is 13.7 Å². The van der Waals surface area contributed by atoms with Crippen LogP contribution in [-0.2, 0) is 0 Å². The summed E-state index contributed by atoms with van der Waals surface area (Å²) in [6, 6.07) is 14.4. The molecule has 0 aliphatic carbocycles. The highest BCUT2D eigenvalue weighted by molar-refractivity contribution is 6.30. The molecule has 0 aliphatic heterocycles. The van der Waals surface area contributed by atoms with E-state index < -0.39 is 0 Å². The largest absolute Gasteiger partial charge is 0.496 e.